The molecule has 0 radical (unpaired) electrons. The van der Waals surface area contributed by atoms with Gasteiger partial charge in [-0.25, -0.2) is 0 Å². The summed E-state index contributed by atoms with van der Waals surface area (Å²) in [5.41, 5.74) is 14.6. The van der Waals surface area contributed by atoms with Crippen molar-refractivity contribution in [3.63, 3.8) is 0 Å². The summed E-state index contributed by atoms with van der Waals surface area (Å²) < 4.78 is 0. The number of benzene rings is 3. The summed E-state index contributed by atoms with van der Waals surface area (Å²) in [5.74, 6) is 0. The van der Waals surface area contributed by atoms with E-state index in [9.17, 15) is 0 Å². The molecular formula is C25H23N. The average Bonchev–Trinajstić information content (AvgIpc) is 2.94. The molecule has 3 aromatic rings. The second-order valence-electron chi connectivity index (χ2n) is 6.79. The minimum absolute atomic E-state index is 0.363. The van der Waals surface area contributed by atoms with Crippen LogP contribution in [0.25, 0.3) is 5.57 Å². The molecule has 1 nitrogen and oxygen atoms in total. The van der Waals surface area contributed by atoms with Crippen LogP contribution >= 0.6 is 0 Å². The van der Waals surface area contributed by atoms with E-state index in [2.05, 4.69) is 98.8 Å². The smallest absolute Gasteiger partial charge is 0.0694 e. The van der Waals surface area contributed by atoms with Gasteiger partial charge < -0.3 is 5.73 Å². The van der Waals surface area contributed by atoms with Gasteiger partial charge in [0.2, 0.25) is 0 Å². The fraction of sp³-hybridized carbons (Fsp3) is 0.120. The lowest BCUT2D eigenvalue weighted by molar-refractivity contribution is 0.746. The van der Waals surface area contributed by atoms with E-state index in [-0.39, 0.29) is 5.41 Å². The second-order valence-corrected chi connectivity index (χ2v) is 6.79. The summed E-state index contributed by atoms with van der Waals surface area (Å²) in [6.07, 6.45) is 4.32. The van der Waals surface area contributed by atoms with Crippen LogP contribution in [0.1, 0.15) is 36.1 Å². The van der Waals surface area contributed by atoms with E-state index >= 15 is 0 Å². The van der Waals surface area contributed by atoms with E-state index in [1.807, 2.05) is 6.07 Å². The highest BCUT2D eigenvalue weighted by Gasteiger charge is 2.46. The van der Waals surface area contributed by atoms with Gasteiger partial charge in [-0.3, -0.25) is 0 Å². The lowest BCUT2D eigenvalue weighted by Crippen LogP contribution is -2.29. The van der Waals surface area contributed by atoms with Crippen molar-refractivity contribution in [3.8, 4) is 0 Å². The first-order valence-corrected chi connectivity index (χ1v) is 9.05. The molecule has 0 fully saturated rings. The summed E-state index contributed by atoms with van der Waals surface area (Å²) in [6.45, 7) is 4.31. The summed E-state index contributed by atoms with van der Waals surface area (Å²) in [6, 6.07) is 27.7. The van der Waals surface area contributed by atoms with Crippen molar-refractivity contribution >= 4 is 11.3 Å². The van der Waals surface area contributed by atoms with E-state index < -0.39 is 0 Å². The molecule has 0 saturated heterocycles. The van der Waals surface area contributed by atoms with Gasteiger partial charge in [-0.2, -0.15) is 0 Å². The number of allylic oxidation sites excluding steroid dienone is 4. The third-order valence-corrected chi connectivity index (χ3v) is 5.48. The third-order valence-electron chi connectivity index (χ3n) is 5.48. The first kappa shape index (κ1) is 16.4. The van der Waals surface area contributed by atoms with E-state index in [0.29, 0.717) is 0 Å². The van der Waals surface area contributed by atoms with E-state index in [1.54, 1.807) is 0 Å². The fourth-order valence-corrected chi connectivity index (χ4v) is 4.45. The molecule has 0 atom stereocenters. The Labute approximate surface area is 155 Å². The topological polar surface area (TPSA) is 26.0 Å². The first-order chi connectivity index (χ1) is 12.7. The number of nitrogens with two attached hydrogens (primary N) is 1. The largest absolute Gasteiger partial charge is 0.398 e. The molecule has 0 aliphatic heterocycles. The van der Waals surface area contributed by atoms with Crippen molar-refractivity contribution in [2.24, 2.45) is 0 Å². The quantitative estimate of drug-likeness (QED) is 0.586. The molecule has 0 aromatic heterocycles. The summed E-state index contributed by atoms with van der Waals surface area (Å²) in [7, 11) is 0. The van der Waals surface area contributed by atoms with Crippen LogP contribution in [0.3, 0.4) is 0 Å². The Balaban J connectivity index is 2.20. The zero-order valence-corrected chi connectivity index (χ0v) is 15.2. The Morgan fingerprint density at radius 3 is 1.88 bits per heavy atom. The minimum Gasteiger partial charge on any atom is -0.398 e. The number of rotatable bonds is 3. The van der Waals surface area contributed by atoms with Gasteiger partial charge in [0.25, 0.3) is 0 Å². The van der Waals surface area contributed by atoms with Crippen molar-refractivity contribution in [1.29, 1.82) is 0 Å². The maximum absolute atomic E-state index is 6.59. The van der Waals surface area contributed by atoms with Crippen LogP contribution in [-0.2, 0) is 5.41 Å². The molecule has 0 amide bonds. The van der Waals surface area contributed by atoms with Gasteiger partial charge in [-0.05, 0) is 47.8 Å². The SMILES string of the molecule is C/C=C\C1=C(C)C(c2ccccc2)(c2ccccc2)c2c(N)cccc21. The Morgan fingerprint density at radius 1 is 0.769 bits per heavy atom. The van der Waals surface area contributed by atoms with Crippen LogP contribution in [-0.4, -0.2) is 0 Å². The number of nitrogen functional groups attached to an aromatic ring is 1. The minimum atomic E-state index is -0.363. The van der Waals surface area contributed by atoms with Crippen LogP contribution in [0.2, 0.25) is 0 Å². The zero-order chi connectivity index (χ0) is 18.1. The molecule has 128 valence electrons. The summed E-state index contributed by atoms with van der Waals surface area (Å²) in [5, 5.41) is 0. The predicted octanol–water partition coefficient (Wildman–Crippen LogP) is 5.97. The Bertz CT molecular complexity index is 955. The highest BCUT2D eigenvalue weighted by Crippen LogP contribution is 2.56. The van der Waals surface area contributed by atoms with Crippen LogP contribution in [0.4, 0.5) is 5.69 Å². The van der Waals surface area contributed by atoms with Gasteiger partial charge in [0, 0.05) is 11.3 Å². The first-order valence-electron chi connectivity index (χ1n) is 9.05. The lowest BCUT2D eigenvalue weighted by atomic mass is 9.67. The van der Waals surface area contributed by atoms with Crippen LogP contribution in [0, 0.1) is 0 Å². The number of hydrogen-bond donors (Lipinski definition) is 1. The van der Waals surface area contributed by atoms with Crippen molar-refractivity contribution in [2.75, 3.05) is 5.73 Å². The second kappa shape index (κ2) is 6.34. The molecule has 4 rings (SSSR count). The Hall–Kier alpha value is -3.06. The molecule has 1 aliphatic rings. The molecule has 0 bridgehead atoms. The van der Waals surface area contributed by atoms with Gasteiger partial charge in [0.15, 0.2) is 0 Å². The van der Waals surface area contributed by atoms with Crippen molar-refractivity contribution in [1.82, 2.24) is 0 Å². The monoisotopic (exact) mass is 337 g/mol. The highest BCUT2D eigenvalue weighted by molar-refractivity contribution is 5.92. The van der Waals surface area contributed by atoms with Gasteiger partial charge in [0.05, 0.1) is 5.41 Å². The molecule has 0 saturated carbocycles. The van der Waals surface area contributed by atoms with E-state index in [4.69, 9.17) is 5.73 Å². The number of anilines is 1. The molecule has 0 unspecified atom stereocenters. The van der Waals surface area contributed by atoms with Crippen LogP contribution < -0.4 is 5.73 Å². The lowest BCUT2D eigenvalue weighted by Gasteiger charge is -2.35. The van der Waals surface area contributed by atoms with Crippen molar-refractivity contribution in [2.45, 2.75) is 19.3 Å². The molecule has 0 heterocycles. The van der Waals surface area contributed by atoms with E-state index in [0.717, 1.165) is 5.69 Å². The molecule has 1 heteroatoms. The van der Waals surface area contributed by atoms with Crippen molar-refractivity contribution in [3.05, 3.63) is 119 Å². The normalized spacial score (nSPS) is 15.5. The molecular weight excluding hydrogens is 314 g/mol. The Morgan fingerprint density at radius 2 is 1.35 bits per heavy atom. The molecule has 26 heavy (non-hydrogen) atoms. The van der Waals surface area contributed by atoms with Crippen molar-refractivity contribution < 1.29 is 0 Å². The van der Waals surface area contributed by atoms with E-state index in [1.165, 1.54) is 33.4 Å². The third kappa shape index (κ3) is 2.17. The molecule has 2 N–H and O–H groups in total. The average molecular weight is 337 g/mol. The fourth-order valence-electron chi connectivity index (χ4n) is 4.45. The van der Waals surface area contributed by atoms with Gasteiger partial charge in [0.1, 0.15) is 0 Å². The maximum atomic E-state index is 6.59. The molecule has 1 aliphatic carbocycles. The summed E-state index contributed by atoms with van der Waals surface area (Å²) >= 11 is 0. The van der Waals surface area contributed by atoms with Gasteiger partial charge >= 0.3 is 0 Å². The Kier molecular flexibility index (Phi) is 4.00. The molecule has 0 spiro atoms. The van der Waals surface area contributed by atoms with Gasteiger partial charge in [-0.1, -0.05) is 84.9 Å². The highest BCUT2D eigenvalue weighted by atomic mass is 14.6. The zero-order valence-electron chi connectivity index (χ0n) is 15.2. The number of hydrogen-bond acceptors (Lipinski definition) is 1. The predicted molar refractivity (Wildman–Crippen MR) is 111 cm³/mol. The van der Waals surface area contributed by atoms with Crippen LogP contribution in [0.5, 0.6) is 0 Å². The maximum Gasteiger partial charge on any atom is 0.0694 e. The summed E-state index contributed by atoms with van der Waals surface area (Å²) in [4.78, 5) is 0. The van der Waals surface area contributed by atoms with Crippen LogP contribution in [0.15, 0.2) is 96.6 Å². The standard InChI is InChI=1S/C25H23N/c1-3-11-21-18(2)25(19-12-6-4-7-13-19,20-14-8-5-9-15-20)24-22(21)16-10-17-23(24)26/h3-17H,26H2,1-2H3/b11-3-. The van der Waals surface area contributed by atoms with Gasteiger partial charge in [-0.15, -0.1) is 0 Å². The molecule has 3 aromatic carbocycles. The number of fused-ring (bicyclic) bond motifs is 1.